The van der Waals surface area contributed by atoms with Crippen LogP contribution in [0.5, 0.6) is 0 Å². The van der Waals surface area contributed by atoms with Crippen LogP contribution in [0.1, 0.15) is 49.8 Å². The van der Waals surface area contributed by atoms with Gasteiger partial charge in [0.15, 0.2) is 0 Å². The molecule has 4 nitrogen and oxygen atoms in total. The summed E-state index contributed by atoms with van der Waals surface area (Å²) < 4.78 is 7.77. The second kappa shape index (κ2) is 7.43. The van der Waals surface area contributed by atoms with E-state index in [0.717, 1.165) is 38.8 Å². The smallest absolute Gasteiger partial charge is 0.0736 e. The van der Waals surface area contributed by atoms with Crippen LogP contribution in [0.4, 0.5) is 0 Å². The van der Waals surface area contributed by atoms with Crippen molar-refractivity contribution in [3.05, 3.63) is 17.5 Å². The Morgan fingerprint density at radius 3 is 2.95 bits per heavy atom. The summed E-state index contributed by atoms with van der Waals surface area (Å²) >= 11 is 0. The van der Waals surface area contributed by atoms with Crippen molar-refractivity contribution in [2.75, 3.05) is 19.8 Å². The van der Waals surface area contributed by atoms with Gasteiger partial charge in [-0.05, 0) is 25.7 Å². The third-order valence-electron chi connectivity index (χ3n) is 4.41. The maximum absolute atomic E-state index is 5.58. The molecule has 1 saturated carbocycles. The van der Waals surface area contributed by atoms with Crippen LogP contribution in [0.2, 0.25) is 0 Å². The van der Waals surface area contributed by atoms with E-state index < -0.39 is 0 Å². The van der Waals surface area contributed by atoms with Gasteiger partial charge in [0.05, 0.1) is 12.3 Å². The van der Waals surface area contributed by atoms with Crippen LogP contribution >= 0.6 is 12.4 Å². The SMILES string of the molecule is CCOCC1CNCc2cn(CC3CCCC3)nc21.Cl. The Hall–Kier alpha value is -0.580. The molecule has 2 aliphatic rings. The molecular weight excluding hydrogens is 274 g/mol. The summed E-state index contributed by atoms with van der Waals surface area (Å²) in [7, 11) is 0. The molecular formula is C15H26ClN3O. The summed E-state index contributed by atoms with van der Waals surface area (Å²) in [5.74, 6) is 1.27. The molecule has 0 saturated heterocycles. The third kappa shape index (κ3) is 3.54. The molecule has 3 rings (SSSR count). The number of hydrogen-bond donors (Lipinski definition) is 1. The van der Waals surface area contributed by atoms with Crippen molar-refractivity contribution in [1.82, 2.24) is 15.1 Å². The molecule has 0 spiro atoms. The summed E-state index contributed by atoms with van der Waals surface area (Å²) in [6.07, 6.45) is 7.81. The quantitative estimate of drug-likeness (QED) is 0.908. The highest BCUT2D eigenvalue weighted by Gasteiger charge is 2.24. The van der Waals surface area contributed by atoms with Crippen LogP contribution in [0.3, 0.4) is 0 Å². The highest BCUT2D eigenvalue weighted by molar-refractivity contribution is 5.85. The first kappa shape index (κ1) is 15.8. The lowest BCUT2D eigenvalue weighted by atomic mass is 9.99. The zero-order valence-corrected chi connectivity index (χ0v) is 13.1. The van der Waals surface area contributed by atoms with Crippen molar-refractivity contribution in [1.29, 1.82) is 0 Å². The minimum absolute atomic E-state index is 0. The van der Waals surface area contributed by atoms with Gasteiger partial charge in [0.2, 0.25) is 0 Å². The fraction of sp³-hybridized carbons (Fsp3) is 0.800. The molecule has 114 valence electrons. The Balaban J connectivity index is 0.00000147. The van der Waals surface area contributed by atoms with E-state index in [2.05, 4.69) is 23.1 Å². The van der Waals surface area contributed by atoms with Crippen molar-refractivity contribution in [3.8, 4) is 0 Å². The number of ether oxygens (including phenoxy) is 1. The van der Waals surface area contributed by atoms with Crippen molar-refractivity contribution in [2.45, 2.75) is 51.6 Å². The van der Waals surface area contributed by atoms with Crippen LogP contribution in [-0.4, -0.2) is 29.5 Å². The first-order chi connectivity index (χ1) is 9.36. The van der Waals surface area contributed by atoms with E-state index >= 15 is 0 Å². The van der Waals surface area contributed by atoms with Gasteiger partial charge in [-0.25, -0.2) is 0 Å². The molecule has 1 aromatic rings. The average molecular weight is 300 g/mol. The molecule has 1 N–H and O–H groups in total. The average Bonchev–Trinajstić information content (AvgIpc) is 3.05. The Morgan fingerprint density at radius 2 is 2.20 bits per heavy atom. The fourth-order valence-corrected chi connectivity index (χ4v) is 3.38. The van der Waals surface area contributed by atoms with E-state index in [1.807, 2.05) is 0 Å². The van der Waals surface area contributed by atoms with E-state index in [1.54, 1.807) is 0 Å². The van der Waals surface area contributed by atoms with Crippen molar-refractivity contribution >= 4 is 12.4 Å². The second-order valence-electron chi connectivity index (χ2n) is 5.90. The minimum atomic E-state index is 0. The van der Waals surface area contributed by atoms with Gasteiger partial charge in [0.1, 0.15) is 0 Å². The topological polar surface area (TPSA) is 39.1 Å². The molecule has 1 atom stereocenters. The number of hydrogen-bond acceptors (Lipinski definition) is 3. The number of aromatic nitrogens is 2. The van der Waals surface area contributed by atoms with Gasteiger partial charge >= 0.3 is 0 Å². The predicted molar refractivity (Wildman–Crippen MR) is 82.4 cm³/mol. The molecule has 1 aliphatic carbocycles. The lowest BCUT2D eigenvalue weighted by molar-refractivity contribution is 0.128. The van der Waals surface area contributed by atoms with Crippen LogP contribution in [0, 0.1) is 5.92 Å². The Labute approximate surface area is 127 Å². The van der Waals surface area contributed by atoms with Gasteiger partial charge in [-0.3, -0.25) is 4.68 Å². The Morgan fingerprint density at radius 1 is 1.40 bits per heavy atom. The van der Waals surface area contributed by atoms with Gasteiger partial charge < -0.3 is 10.1 Å². The first-order valence-corrected chi connectivity index (χ1v) is 7.71. The normalized spacial score (nSPS) is 22.6. The maximum Gasteiger partial charge on any atom is 0.0736 e. The van der Waals surface area contributed by atoms with Gasteiger partial charge in [-0.2, -0.15) is 5.10 Å². The van der Waals surface area contributed by atoms with Crippen molar-refractivity contribution in [2.24, 2.45) is 5.92 Å². The Kier molecular flexibility index (Phi) is 5.87. The molecule has 0 amide bonds. The fourth-order valence-electron chi connectivity index (χ4n) is 3.38. The van der Waals surface area contributed by atoms with E-state index in [4.69, 9.17) is 9.84 Å². The molecule has 1 aromatic heterocycles. The van der Waals surface area contributed by atoms with Gasteiger partial charge in [0, 0.05) is 43.9 Å². The molecule has 1 aliphatic heterocycles. The zero-order chi connectivity index (χ0) is 13.1. The summed E-state index contributed by atoms with van der Waals surface area (Å²) in [5, 5.41) is 8.32. The van der Waals surface area contributed by atoms with Crippen molar-refractivity contribution < 1.29 is 4.74 Å². The number of nitrogens with one attached hydrogen (secondary N) is 1. The predicted octanol–water partition coefficient (Wildman–Crippen LogP) is 2.72. The Bertz CT molecular complexity index is 415. The van der Waals surface area contributed by atoms with E-state index in [1.165, 1.54) is 36.9 Å². The standard InChI is InChI=1S/C15H25N3O.ClH/c1-2-19-11-14-8-16-7-13-10-18(17-15(13)14)9-12-5-3-4-6-12;/h10,12,14,16H,2-9,11H2,1H3;1H. The largest absolute Gasteiger partial charge is 0.381 e. The van der Waals surface area contributed by atoms with Crippen LogP contribution in [0.15, 0.2) is 6.20 Å². The molecule has 2 heterocycles. The zero-order valence-electron chi connectivity index (χ0n) is 12.3. The molecule has 1 unspecified atom stereocenters. The number of halogens is 1. The highest BCUT2D eigenvalue weighted by atomic mass is 35.5. The lowest BCUT2D eigenvalue weighted by Crippen LogP contribution is -2.30. The van der Waals surface area contributed by atoms with E-state index in [0.29, 0.717) is 5.92 Å². The molecule has 0 radical (unpaired) electrons. The first-order valence-electron chi connectivity index (χ1n) is 7.71. The molecule has 20 heavy (non-hydrogen) atoms. The summed E-state index contributed by atoms with van der Waals surface area (Å²) in [4.78, 5) is 0. The molecule has 0 bridgehead atoms. The molecule has 0 aromatic carbocycles. The summed E-state index contributed by atoms with van der Waals surface area (Å²) in [6, 6.07) is 0. The minimum Gasteiger partial charge on any atom is -0.381 e. The van der Waals surface area contributed by atoms with Gasteiger partial charge in [-0.1, -0.05) is 12.8 Å². The third-order valence-corrected chi connectivity index (χ3v) is 4.41. The van der Waals surface area contributed by atoms with Crippen LogP contribution in [0.25, 0.3) is 0 Å². The summed E-state index contributed by atoms with van der Waals surface area (Å²) in [5.41, 5.74) is 2.64. The molecule has 5 heteroatoms. The van der Waals surface area contributed by atoms with E-state index in [9.17, 15) is 0 Å². The number of fused-ring (bicyclic) bond motifs is 1. The molecule has 1 fully saturated rings. The van der Waals surface area contributed by atoms with Gasteiger partial charge in [-0.15, -0.1) is 12.4 Å². The second-order valence-corrected chi connectivity index (χ2v) is 5.90. The van der Waals surface area contributed by atoms with Gasteiger partial charge in [0.25, 0.3) is 0 Å². The van der Waals surface area contributed by atoms with Crippen molar-refractivity contribution in [3.63, 3.8) is 0 Å². The highest BCUT2D eigenvalue weighted by Crippen LogP contribution is 2.28. The van der Waals surface area contributed by atoms with Crippen LogP contribution in [-0.2, 0) is 17.8 Å². The van der Waals surface area contributed by atoms with E-state index in [-0.39, 0.29) is 12.4 Å². The lowest BCUT2D eigenvalue weighted by Gasteiger charge is -2.21. The maximum atomic E-state index is 5.58. The summed E-state index contributed by atoms with van der Waals surface area (Å²) in [6.45, 7) is 6.69. The number of nitrogens with zero attached hydrogens (tertiary/aromatic N) is 2. The van der Waals surface area contributed by atoms with Crippen LogP contribution < -0.4 is 5.32 Å². The number of rotatable bonds is 5. The monoisotopic (exact) mass is 299 g/mol.